The average molecular weight is 309 g/mol. The molecule has 2 atom stereocenters. The highest BCUT2D eigenvalue weighted by Gasteiger charge is 2.42. The number of hydrogen-bond donors (Lipinski definition) is 1. The second kappa shape index (κ2) is 4.98. The van der Waals surface area contributed by atoms with E-state index in [0.717, 1.165) is 41.8 Å². The molecular formula is C13H19N5O2S. The van der Waals surface area contributed by atoms with Crippen LogP contribution in [0.15, 0.2) is 0 Å². The van der Waals surface area contributed by atoms with E-state index >= 15 is 0 Å². The fourth-order valence-electron chi connectivity index (χ4n) is 2.98. The zero-order chi connectivity index (χ0) is 14.4. The third-order valence-electron chi connectivity index (χ3n) is 4.61. The smallest absolute Gasteiger partial charge is 0.234 e. The Morgan fingerprint density at radius 3 is 2.81 bits per heavy atom. The first-order chi connectivity index (χ1) is 10.2. The van der Waals surface area contributed by atoms with Gasteiger partial charge in [0, 0.05) is 25.2 Å². The summed E-state index contributed by atoms with van der Waals surface area (Å²) >= 11 is 1.57. The fraction of sp³-hybridized carbons (Fsp3) is 0.769. The normalized spacial score (nSPS) is 31.2. The number of rotatable bonds is 2. The molecule has 2 N–H and O–H groups in total. The van der Waals surface area contributed by atoms with Gasteiger partial charge in [-0.25, -0.2) is 0 Å². The van der Waals surface area contributed by atoms with Gasteiger partial charge in [-0.1, -0.05) is 11.3 Å². The van der Waals surface area contributed by atoms with Gasteiger partial charge in [0.15, 0.2) is 5.82 Å². The first kappa shape index (κ1) is 13.6. The lowest BCUT2D eigenvalue weighted by Crippen LogP contribution is -2.41. The molecule has 2 aliphatic rings. The fourth-order valence-corrected chi connectivity index (χ4v) is 4.02. The Bertz CT molecular complexity index is 650. The Balaban J connectivity index is 1.72. The van der Waals surface area contributed by atoms with Crippen molar-refractivity contribution >= 4 is 16.3 Å². The van der Waals surface area contributed by atoms with Crippen LogP contribution in [-0.2, 0) is 14.9 Å². The number of nitrogens with two attached hydrogens (primary N) is 1. The highest BCUT2D eigenvalue weighted by atomic mass is 32.1. The molecule has 0 bridgehead atoms. The molecule has 4 rings (SSSR count). The molecule has 2 fully saturated rings. The Labute approximate surface area is 126 Å². The molecular weight excluding hydrogens is 290 g/mol. The maximum atomic E-state index is 6.20. The molecule has 2 aromatic rings. The van der Waals surface area contributed by atoms with E-state index < -0.39 is 0 Å². The molecule has 0 radical (unpaired) electrons. The minimum atomic E-state index is -0.224. The van der Waals surface area contributed by atoms with E-state index in [4.69, 9.17) is 20.3 Å². The third-order valence-corrected chi connectivity index (χ3v) is 5.79. The second-order valence-corrected chi connectivity index (χ2v) is 7.04. The summed E-state index contributed by atoms with van der Waals surface area (Å²) in [5.74, 6) is 1.33. The van der Waals surface area contributed by atoms with Crippen LogP contribution in [0.2, 0.25) is 0 Å². The number of aromatic nitrogens is 4. The van der Waals surface area contributed by atoms with Crippen molar-refractivity contribution < 1.29 is 9.47 Å². The molecule has 7 nitrogen and oxygen atoms in total. The topological polar surface area (TPSA) is 87.6 Å². The third kappa shape index (κ3) is 2.09. The minimum absolute atomic E-state index is 0.0205. The number of ether oxygens (including phenoxy) is 2. The zero-order valence-electron chi connectivity index (χ0n) is 12.0. The van der Waals surface area contributed by atoms with Gasteiger partial charge in [0.25, 0.3) is 0 Å². The standard InChI is InChI=1S/C13H19N5O2S/c1-13(7-20-6-9(13)14)11-17-18-10(15-16-12(18)21-11)8-2-4-19-5-3-8/h8-9H,2-7,14H2,1H3. The Hall–Kier alpha value is -1.09. The van der Waals surface area contributed by atoms with Crippen molar-refractivity contribution in [2.24, 2.45) is 5.73 Å². The average Bonchev–Trinajstić information content (AvgIpc) is 3.15. The van der Waals surface area contributed by atoms with Crippen LogP contribution in [0.1, 0.15) is 36.5 Å². The van der Waals surface area contributed by atoms with E-state index in [2.05, 4.69) is 17.1 Å². The molecule has 2 aromatic heterocycles. The van der Waals surface area contributed by atoms with Gasteiger partial charge in [0.05, 0.1) is 18.6 Å². The molecule has 0 spiro atoms. The van der Waals surface area contributed by atoms with E-state index in [1.165, 1.54) is 0 Å². The largest absolute Gasteiger partial charge is 0.381 e. The number of nitrogens with zero attached hydrogens (tertiary/aromatic N) is 4. The summed E-state index contributed by atoms with van der Waals surface area (Å²) in [5, 5.41) is 14.4. The molecule has 2 aliphatic heterocycles. The van der Waals surface area contributed by atoms with Crippen molar-refractivity contribution in [3.05, 3.63) is 10.8 Å². The maximum Gasteiger partial charge on any atom is 0.234 e. The Morgan fingerprint density at radius 2 is 2.10 bits per heavy atom. The molecule has 0 aliphatic carbocycles. The summed E-state index contributed by atoms with van der Waals surface area (Å²) < 4.78 is 12.8. The molecule has 0 amide bonds. The predicted octanol–water partition coefficient (Wildman–Crippen LogP) is 0.695. The Kier molecular flexibility index (Phi) is 3.21. The van der Waals surface area contributed by atoms with E-state index in [-0.39, 0.29) is 11.5 Å². The van der Waals surface area contributed by atoms with Gasteiger partial charge in [-0.2, -0.15) is 9.61 Å². The van der Waals surface area contributed by atoms with Crippen molar-refractivity contribution in [2.75, 3.05) is 26.4 Å². The van der Waals surface area contributed by atoms with E-state index in [0.29, 0.717) is 19.1 Å². The first-order valence-corrected chi connectivity index (χ1v) is 8.14. The van der Waals surface area contributed by atoms with Gasteiger partial charge >= 0.3 is 0 Å². The highest BCUT2D eigenvalue weighted by molar-refractivity contribution is 7.16. The van der Waals surface area contributed by atoms with Crippen LogP contribution in [0.4, 0.5) is 0 Å². The Morgan fingerprint density at radius 1 is 1.29 bits per heavy atom. The van der Waals surface area contributed by atoms with Crippen molar-refractivity contribution in [2.45, 2.75) is 37.1 Å². The van der Waals surface area contributed by atoms with Gasteiger partial charge in [-0.3, -0.25) is 0 Å². The van der Waals surface area contributed by atoms with Gasteiger partial charge < -0.3 is 15.2 Å². The van der Waals surface area contributed by atoms with Crippen LogP contribution in [0.3, 0.4) is 0 Å². The second-order valence-electron chi connectivity index (χ2n) is 6.09. The van der Waals surface area contributed by atoms with Crippen LogP contribution in [-0.4, -0.2) is 52.3 Å². The van der Waals surface area contributed by atoms with Crippen LogP contribution >= 0.6 is 11.3 Å². The van der Waals surface area contributed by atoms with Crippen LogP contribution in [0.25, 0.3) is 4.96 Å². The maximum absolute atomic E-state index is 6.20. The summed E-state index contributed by atoms with van der Waals surface area (Å²) in [6.45, 7) is 4.89. The van der Waals surface area contributed by atoms with Crippen molar-refractivity contribution in [3.63, 3.8) is 0 Å². The quantitative estimate of drug-likeness (QED) is 0.878. The van der Waals surface area contributed by atoms with Crippen molar-refractivity contribution in [1.82, 2.24) is 19.8 Å². The molecule has 114 valence electrons. The highest BCUT2D eigenvalue weighted by Crippen LogP contribution is 2.35. The summed E-state index contributed by atoms with van der Waals surface area (Å²) in [5.41, 5.74) is 5.97. The van der Waals surface area contributed by atoms with E-state index in [1.807, 2.05) is 4.52 Å². The molecule has 0 aromatic carbocycles. The molecule has 4 heterocycles. The van der Waals surface area contributed by atoms with E-state index in [1.54, 1.807) is 11.3 Å². The molecule has 2 saturated heterocycles. The number of hydrogen-bond acceptors (Lipinski definition) is 7. The number of fused-ring (bicyclic) bond motifs is 1. The summed E-state index contributed by atoms with van der Waals surface area (Å²) in [4.78, 5) is 0.840. The van der Waals surface area contributed by atoms with Crippen molar-refractivity contribution in [3.8, 4) is 0 Å². The zero-order valence-corrected chi connectivity index (χ0v) is 12.8. The molecule has 2 unspecified atom stereocenters. The van der Waals surface area contributed by atoms with Gasteiger partial charge in [0.2, 0.25) is 4.96 Å². The minimum Gasteiger partial charge on any atom is -0.381 e. The predicted molar refractivity (Wildman–Crippen MR) is 77.6 cm³/mol. The molecule has 0 saturated carbocycles. The van der Waals surface area contributed by atoms with Gasteiger partial charge in [-0.05, 0) is 19.8 Å². The summed E-state index contributed by atoms with van der Waals surface area (Å²) in [7, 11) is 0. The van der Waals surface area contributed by atoms with Crippen molar-refractivity contribution in [1.29, 1.82) is 0 Å². The lowest BCUT2D eigenvalue weighted by atomic mass is 9.87. The van der Waals surface area contributed by atoms with Gasteiger partial charge in [0.1, 0.15) is 5.01 Å². The van der Waals surface area contributed by atoms with Gasteiger partial charge in [-0.15, -0.1) is 10.2 Å². The lowest BCUT2D eigenvalue weighted by molar-refractivity contribution is 0.0831. The van der Waals surface area contributed by atoms with E-state index in [9.17, 15) is 0 Å². The summed E-state index contributed by atoms with van der Waals surface area (Å²) in [6.07, 6.45) is 1.96. The van der Waals surface area contributed by atoms with Crippen LogP contribution < -0.4 is 5.73 Å². The summed E-state index contributed by atoms with van der Waals surface area (Å²) in [6, 6.07) is -0.0205. The SMILES string of the molecule is CC1(c2nn3c(C4CCOCC4)nnc3s2)COCC1N. The van der Waals surface area contributed by atoms with Crippen LogP contribution in [0, 0.1) is 0 Å². The molecule has 8 heteroatoms. The first-order valence-electron chi connectivity index (χ1n) is 7.32. The monoisotopic (exact) mass is 309 g/mol. The molecule has 21 heavy (non-hydrogen) atoms. The lowest BCUT2D eigenvalue weighted by Gasteiger charge is -2.23. The van der Waals surface area contributed by atoms with Crippen LogP contribution in [0.5, 0.6) is 0 Å².